The number of carbonyl (C=O) groups is 1. The standard InChI is InChI=1S/C16H24N2O2.ClH/c1-12(2)20-15-6-4-3-5-14(15)18-16(19)8-7-13-9-10-17-11-13;/h3-6,12-13,17H,7-11H2,1-2H3,(H,18,19);1H. The van der Waals surface area contributed by atoms with E-state index in [0.717, 1.165) is 30.9 Å². The molecule has 1 saturated heterocycles. The molecule has 1 aromatic carbocycles. The Hall–Kier alpha value is -1.26. The molecule has 1 amide bonds. The number of para-hydroxylation sites is 2. The topological polar surface area (TPSA) is 50.4 Å². The van der Waals surface area contributed by atoms with Crippen molar-refractivity contribution < 1.29 is 9.53 Å². The van der Waals surface area contributed by atoms with Crippen molar-refractivity contribution in [1.29, 1.82) is 0 Å². The Kier molecular flexibility index (Phi) is 7.54. The number of carbonyl (C=O) groups excluding carboxylic acids is 1. The molecule has 0 radical (unpaired) electrons. The number of amides is 1. The van der Waals surface area contributed by atoms with Crippen molar-refractivity contribution in [1.82, 2.24) is 5.32 Å². The summed E-state index contributed by atoms with van der Waals surface area (Å²) in [6.45, 7) is 6.08. The van der Waals surface area contributed by atoms with E-state index < -0.39 is 0 Å². The number of rotatable bonds is 6. The van der Waals surface area contributed by atoms with Gasteiger partial charge in [0.25, 0.3) is 0 Å². The van der Waals surface area contributed by atoms with Crippen LogP contribution in [0.5, 0.6) is 5.75 Å². The second kappa shape index (κ2) is 8.90. The van der Waals surface area contributed by atoms with Gasteiger partial charge in [0.2, 0.25) is 5.91 Å². The molecule has 0 spiro atoms. The summed E-state index contributed by atoms with van der Waals surface area (Å²) in [6, 6.07) is 7.59. The van der Waals surface area contributed by atoms with Crippen molar-refractivity contribution in [3.05, 3.63) is 24.3 Å². The number of anilines is 1. The minimum atomic E-state index is 0. The van der Waals surface area contributed by atoms with Gasteiger partial charge in [-0.3, -0.25) is 4.79 Å². The third-order valence-electron chi connectivity index (χ3n) is 3.47. The molecule has 0 saturated carbocycles. The van der Waals surface area contributed by atoms with E-state index in [2.05, 4.69) is 10.6 Å². The summed E-state index contributed by atoms with van der Waals surface area (Å²) in [7, 11) is 0. The van der Waals surface area contributed by atoms with Gasteiger partial charge >= 0.3 is 0 Å². The Balaban J connectivity index is 0.00000220. The fourth-order valence-electron chi connectivity index (χ4n) is 2.44. The van der Waals surface area contributed by atoms with E-state index in [4.69, 9.17) is 4.74 Å². The van der Waals surface area contributed by atoms with Gasteiger partial charge < -0.3 is 15.4 Å². The van der Waals surface area contributed by atoms with Crippen LogP contribution in [0.25, 0.3) is 0 Å². The molecule has 1 atom stereocenters. The molecule has 4 nitrogen and oxygen atoms in total. The summed E-state index contributed by atoms with van der Waals surface area (Å²) in [5.41, 5.74) is 0.760. The van der Waals surface area contributed by atoms with E-state index in [9.17, 15) is 4.79 Å². The lowest BCUT2D eigenvalue weighted by Gasteiger charge is -2.15. The van der Waals surface area contributed by atoms with Crippen LogP contribution in [0.3, 0.4) is 0 Å². The van der Waals surface area contributed by atoms with Gasteiger partial charge in [0.05, 0.1) is 11.8 Å². The van der Waals surface area contributed by atoms with E-state index in [0.29, 0.717) is 12.3 Å². The van der Waals surface area contributed by atoms with Crippen LogP contribution in [-0.2, 0) is 4.79 Å². The second-order valence-electron chi connectivity index (χ2n) is 5.61. The van der Waals surface area contributed by atoms with Crippen molar-refractivity contribution in [3.8, 4) is 5.75 Å². The number of hydrogen-bond donors (Lipinski definition) is 2. The van der Waals surface area contributed by atoms with Crippen LogP contribution in [0.15, 0.2) is 24.3 Å². The molecule has 0 aromatic heterocycles. The zero-order valence-electron chi connectivity index (χ0n) is 12.7. The molecule has 0 bridgehead atoms. The fourth-order valence-corrected chi connectivity index (χ4v) is 2.44. The second-order valence-corrected chi connectivity index (χ2v) is 5.61. The Morgan fingerprint density at radius 1 is 1.43 bits per heavy atom. The zero-order valence-corrected chi connectivity index (χ0v) is 13.5. The highest BCUT2D eigenvalue weighted by Crippen LogP contribution is 2.25. The smallest absolute Gasteiger partial charge is 0.224 e. The highest BCUT2D eigenvalue weighted by Gasteiger charge is 2.16. The van der Waals surface area contributed by atoms with Crippen LogP contribution >= 0.6 is 12.4 Å². The van der Waals surface area contributed by atoms with Gasteiger partial charge in [-0.05, 0) is 57.8 Å². The average Bonchev–Trinajstić information content (AvgIpc) is 2.91. The maximum Gasteiger partial charge on any atom is 0.224 e. The number of ether oxygens (including phenoxy) is 1. The summed E-state index contributed by atoms with van der Waals surface area (Å²) >= 11 is 0. The van der Waals surface area contributed by atoms with Crippen molar-refractivity contribution in [3.63, 3.8) is 0 Å². The SMILES string of the molecule is CC(C)Oc1ccccc1NC(=O)CCC1CCNC1.Cl. The van der Waals surface area contributed by atoms with Gasteiger partial charge in [0.15, 0.2) is 0 Å². The van der Waals surface area contributed by atoms with Gasteiger partial charge in [0, 0.05) is 6.42 Å². The predicted molar refractivity (Wildman–Crippen MR) is 88.3 cm³/mol. The third kappa shape index (κ3) is 5.94. The molecule has 1 fully saturated rings. The van der Waals surface area contributed by atoms with Crippen molar-refractivity contribution in [2.45, 2.75) is 39.2 Å². The number of halogens is 1. The van der Waals surface area contributed by atoms with Crippen LogP contribution in [-0.4, -0.2) is 25.1 Å². The minimum absolute atomic E-state index is 0. The average molecular weight is 313 g/mol. The molecule has 1 unspecified atom stereocenters. The van der Waals surface area contributed by atoms with E-state index in [1.54, 1.807) is 0 Å². The largest absolute Gasteiger partial charge is 0.489 e. The van der Waals surface area contributed by atoms with Crippen molar-refractivity contribution in [2.24, 2.45) is 5.92 Å². The summed E-state index contributed by atoms with van der Waals surface area (Å²) in [4.78, 5) is 12.0. The zero-order chi connectivity index (χ0) is 14.4. The van der Waals surface area contributed by atoms with Gasteiger partial charge in [-0.1, -0.05) is 12.1 Å². The summed E-state index contributed by atoms with van der Waals surface area (Å²) in [5, 5.41) is 6.28. The summed E-state index contributed by atoms with van der Waals surface area (Å²) in [5.74, 6) is 1.44. The maximum atomic E-state index is 12.0. The Labute approximate surface area is 133 Å². The molecule has 118 valence electrons. The van der Waals surface area contributed by atoms with E-state index in [-0.39, 0.29) is 24.4 Å². The molecule has 2 N–H and O–H groups in total. The minimum Gasteiger partial charge on any atom is -0.489 e. The number of nitrogens with one attached hydrogen (secondary N) is 2. The van der Waals surface area contributed by atoms with Gasteiger partial charge in [-0.2, -0.15) is 0 Å². The molecule has 1 heterocycles. The van der Waals surface area contributed by atoms with Gasteiger partial charge in [0.1, 0.15) is 5.75 Å². The molecule has 1 aliphatic heterocycles. The molecule has 0 aliphatic carbocycles. The molecule has 1 aliphatic rings. The first kappa shape index (κ1) is 17.8. The van der Waals surface area contributed by atoms with Crippen LogP contribution in [0.1, 0.15) is 33.1 Å². The van der Waals surface area contributed by atoms with Crippen molar-refractivity contribution in [2.75, 3.05) is 18.4 Å². The number of hydrogen-bond acceptors (Lipinski definition) is 3. The first-order chi connectivity index (χ1) is 9.65. The summed E-state index contributed by atoms with van der Waals surface area (Å²) < 4.78 is 5.70. The molecule has 5 heteroatoms. The van der Waals surface area contributed by atoms with Gasteiger partial charge in [-0.25, -0.2) is 0 Å². The molecule has 21 heavy (non-hydrogen) atoms. The maximum absolute atomic E-state index is 12.0. The van der Waals surface area contributed by atoms with E-state index in [1.165, 1.54) is 6.42 Å². The lowest BCUT2D eigenvalue weighted by atomic mass is 10.0. The Morgan fingerprint density at radius 2 is 2.19 bits per heavy atom. The molecule has 1 aromatic rings. The Bertz CT molecular complexity index is 446. The van der Waals surface area contributed by atoms with E-state index >= 15 is 0 Å². The molecule has 2 rings (SSSR count). The monoisotopic (exact) mass is 312 g/mol. The molecular formula is C16H25ClN2O2. The Morgan fingerprint density at radius 3 is 2.86 bits per heavy atom. The summed E-state index contributed by atoms with van der Waals surface area (Å²) in [6.07, 6.45) is 2.80. The van der Waals surface area contributed by atoms with Crippen LogP contribution < -0.4 is 15.4 Å². The van der Waals surface area contributed by atoms with Crippen LogP contribution in [0, 0.1) is 5.92 Å². The van der Waals surface area contributed by atoms with Gasteiger partial charge in [-0.15, -0.1) is 12.4 Å². The van der Waals surface area contributed by atoms with Crippen LogP contribution in [0.2, 0.25) is 0 Å². The van der Waals surface area contributed by atoms with E-state index in [1.807, 2.05) is 38.1 Å². The predicted octanol–water partition coefficient (Wildman–Crippen LogP) is 3.22. The van der Waals surface area contributed by atoms with Crippen molar-refractivity contribution >= 4 is 24.0 Å². The van der Waals surface area contributed by atoms with Crippen LogP contribution in [0.4, 0.5) is 5.69 Å². The lowest BCUT2D eigenvalue weighted by molar-refractivity contribution is -0.116. The highest BCUT2D eigenvalue weighted by atomic mass is 35.5. The first-order valence-electron chi connectivity index (χ1n) is 7.41. The quantitative estimate of drug-likeness (QED) is 0.848. The third-order valence-corrected chi connectivity index (χ3v) is 3.47. The fraction of sp³-hybridized carbons (Fsp3) is 0.562. The first-order valence-corrected chi connectivity index (χ1v) is 7.41. The highest BCUT2D eigenvalue weighted by molar-refractivity contribution is 5.92. The molecular weight excluding hydrogens is 288 g/mol. The normalized spacial score (nSPS) is 17.4. The lowest BCUT2D eigenvalue weighted by Crippen LogP contribution is -2.16. The number of benzene rings is 1.